The maximum absolute atomic E-state index is 11.8. The summed E-state index contributed by atoms with van der Waals surface area (Å²) in [5.74, 6) is -0.591. The molecule has 2 aromatic carbocycles. The molecule has 0 aliphatic carbocycles. The molecule has 0 aliphatic rings. The summed E-state index contributed by atoms with van der Waals surface area (Å²) in [5, 5.41) is 10.8. The van der Waals surface area contributed by atoms with Crippen molar-refractivity contribution in [3.63, 3.8) is 0 Å². The van der Waals surface area contributed by atoms with Crippen LogP contribution >= 0.6 is 0 Å². The van der Waals surface area contributed by atoms with Gasteiger partial charge in [-0.3, -0.25) is 10.1 Å². The zero-order valence-electron chi connectivity index (χ0n) is 13.2. The Balaban J connectivity index is 2.23. The highest BCUT2D eigenvalue weighted by molar-refractivity contribution is 5.89. The van der Waals surface area contributed by atoms with Crippen molar-refractivity contribution in [3.05, 3.63) is 88.0 Å². The molecular formula is C18H17NO5. The number of hydrogen-bond acceptors (Lipinski definition) is 5. The Hall–Kier alpha value is -2.99. The van der Waals surface area contributed by atoms with E-state index in [2.05, 4.69) is 6.58 Å². The van der Waals surface area contributed by atoms with Gasteiger partial charge in [0.1, 0.15) is 6.10 Å². The maximum Gasteiger partial charge on any atom is 0.336 e. The molecule has 0 saturated carbocycles. The molecule has 0 aromatic heterocycles. The third kappa shape index (κ3) is 4.27. The SMILES string of the molecule is C=C(C(=O)OC)C(OCc1ccccc1)c1ccc([N+](=O)[O-])cc1. The van der Waals surface area contributed by atoms with Gasteiger partial charge in [-0.15, -0.1) is 0 Å². The quantitative estimate of drug-likeness (QED) is 0.336. The van der Waals surface area contributed by atoms with Crippen molar-refractivity contribution in [3.8, 4) is 0 Å². The molecule has 1 atom stereocenters. The second-order valence-electron chi connectivity index (χ2n) is 5.04. The first-order chi connectivity index (χ1) is 11.5. The third-order valence-corrected chi connectivity index (χ3v) is 3.43. The zero-order chi connectivity index (χ0) is 17.5. The van der Waals surface area contributed by atoms with Gasteiger partial charge in [-0.05, 0) is 23.3 Å². The number of esters is 1. The average molecular weight is 327 g/mol. The van der Waals surface area contributed by atoms with Gasteiger partial charge in [-0.1, -0.05) is 36.9 Å². The fourth-order valence-electron chi connectivity index (χ4n) is 2.16. The molecule has 0 spiro atoms. The summed E-state index contributed by atoms with van der Waals surface area (Å²) in [7, 11) is 1.26. The van der Waals surface area contributed by atoms with E-state index >= 15 is 0 Å². The van der Waals surface area contributed by atoms with E-state index in [1.807, 2.05) is 30.3 Å². The summed E-state index contributed by atoms with van der Waals surface area (Å²) >= 11 is 0. The molecule has 24 heavy (non-hydrogen) atoms. The molecule has 0 amide bonds. The average Bonchev–Trinajstić information content (AvgIpc) is 2.62. The Morgan fingerprint density at radius 2 is 1.79 bits per heavy atom. The molecule has 6 nitrogen and oxygen atoms in total. The van der Waals surface area contributed by atoms with Gasteiger partial charge in [0.25, 0.3) is 5.69 Å². The molecule has 2 aromatic rings. The highest BCUT2D eigenvalue weighted by atomic mass is 16.6. The van der Waals surface area contributed by atoms with E-state index in [0.29, 0.717) is 5.56 Å². The molecule has 0 bridgehead atoms. The monoisotopic (exact) mass is 327 g/mol. The molecule has 0 fully saturated rings. The third-order valence-electron chi connectivity index (χ3n) is 3.43. The minimum absolute atomic E-state index is 0.0377. The molecule has 0 N–H and O–H groups in total. The number of ether oxygens (including phenoxy) is 2. The maximum atomic E-state index is 11.8. The van der Waals surface area contributed by atoms with E-state index < -0.39 is 17.0 Å². The molecule has 0 saturated heterocycles. The lowest BCUT2D eigenvalue weighted by molar-refractivity contribution is -0.384. The molecule has 2 rings (SSSR count). The number of nitro groups is 1. The van der Waals surface area contributed by atoms with E-state index in [1.165, 1.54) is 19.2 Å². The lowest BCUT2D eigenvalue weighted by atomic mass is 10.0. The largest absolute Gasteiger partial charge is 0.466 e. The molecule has 6 heteroatoms. The van der Waals surface area contributed by atoms with E-state index in [9.17, 15) is 14.9 Å². The van der Waals surface area contributed by atoms with Crippen LogP contribution in [0.2, 0.25) is 0 Å². The number of nitrogens with zero attached hydrogens (tertiary/aromatic N) is 1. The number of carbonyl (C=O) groups is 1. The lowest BCUT2D eigenvalue weighted by Crippen LogP contribution is -2.15. The minimum Gasteiger partial charge on any atom is -0.466 e. The van der Waals surface area contributed by atoms with Crippen molar-refractivity contribution in [2.45, 2.75) is 12.7 Å². The van der Waals surface area contributed by atoms with Crippen LogP contribution in [0.3, 0.4) is 0 Å². The Bertz CT molecular complexity index is 725. The highest BCUT2D eigenvalue weighted by Gasteiger charge is 2.23. The van der Waals surface area contributed by atoms with Crippen LogP contribution in [0.1, 0.15) is 17.2 Å². The second kappa shape index (κ2) is 8.03. The standard InChI is InChI=1S/C18H17NO5/c1-13(18(20)23-2)17(24-12-14-6-4-3-5-7-14)15-8-10-16(11-9-15)19(21)22/h3-11,17H,1,12H2,2H3. The fraction of sp³-hybridized carbons (Fsp3) is 0.167. The summed E-state index contributed by atoms with van der Waals surface area (Å²) in [4.78, 5) is 22.1. The Labute approximate surface area is 139 Å². The summed E-state index contributed by atoms with van der Waals surface area (Å²) in [6, 6.07) is 15.3. The highest BCUT2D eigenvalue weighted by Crippen LogP contribution is 2.28. The first-order valence-corrected chi connectivity index (χ1v) is 7.20. The van der Waals surface area contributed by atoms with Crippen molar-refractivity contribution in [2.75, 3.05) is 7.11 Å². The number of hydrogen-bond donors (Lipinski definition) is 0. The fourth-order valence-corrected chi connectivity index (χ4v) is 2.16. The number of carbonyl (C=O) groups excluding carboxylic acids is 1. The number of rotatable bonds is 7. The normalized spacial score (nSPS) is 11.5. The zero-order valence-corrected chi connectivity index (χ0v) is 13.2. The molecule has 1 unspecified atom stereocenters. The van der Waals surface area contributed by atoms with Gasteiger partial charge in [-0.25, -0.2) is 4.79 Å². The Morgan fingerprint density at radius 3 is 2.33 bits per heavy atom. The van der Waals surface area contributed by atoms with Crippen LogP contribution in [0.5, 0.6) is 0 Å². The first kappa shape index (κ1) is 17.4. The summed E-state index contributed by atoms with van der Waals surface area (Å²) in [6.45, 7) is 4.00. The van der Waals surface area contributed by atoms with Crippen molar-refractivity contribution >= 4 is 11.7 Å². The topological polar surface area (TPSA) is 78.7 Å². The summed E-state index contributed by atoms with van der Waals surface area (Å²) in [6.07, 6.45) is -0.751. The smallest absolute Gasteiger partial charge is 0.336 e. The van der Waals surface area contributed by atoms with Crippen molar-refractivity contribution in [2.24, 2.45) is 0 Å². The van der Waals surface area contributed by atoms with E-state index in [-0.39, 0.29) is 17.9 Å². The van der Waals surface area contributed by atoms with Crippen LogP contribution < -0.4 is 0 Å². The number of non-ortho nitro benzene ring substituents is 1. The van der Waals surface area contributed by atoms with Crippen molar-refractivity contribution in [1.82, 2.24) is 0 Å². The number of methoxy groups -OCH3 is 1. The van der Waals surface area contributed by atoms with E-state index in [4.69, 9.17) is 9.47 Å². The van der Waals surface area contributed by atoms with Gasteiger partial charge in [0.05, 0.1) is 24.2 Å². The lowest BCUT2D eigenvalue weighted by Gasteiger charge is -2.19. The van der Waals surface area contributed by atoms with Crippen LogP contribution in [0.15, 0.2) is 66.7 Å². The van der Waals surface area contributed by atoms with Crippen LogP contribution in [-0.2, 0) is 20.9 Å². The molecule has 0 aliphatic heterocycles. The Kier molecular flexibility index (Phi) is 5.81. The molecule has 124 valence electrons. The van der Waals surface area contributed by atoms with Crippen LogP contribution in [-0.4, -0.2) is 18.0 Å². The van der Waals surface area contributed by atoms with E-state index in [1.54, 1.807) is 12.1 Å². The molecular weight excluding hydrogens is 310 g/mol. The van der Waals surface area contributed by atoms with Gasteiger partial charge in [0, 0.05) is 12.1 Å². The second-order valence-corrected chi connectivity index (χ2v) is 5.04. The summed E-state index contributed by atoms with van der Waals surface area (Å²) in [5.41, 5.74) is 1.61. The number of nitro benzene ring substituents is 1. The predicted molar refractivity (Wildman–Crippen MR) is 88.2 cm³/mol. The molecule has 0 radical (unpaired) electrons. The van der Waals surface area contributed by atoms with E-state index in [0.717, 1.165) is 5.56 Å². The van der Waals surface area contributed by atoms with Gasteiger partial charge in [0.2, 0.25) is 0 Å². The van der Waals surface area contributed by atoms with Gasteiger partial charge in [-0.2, -0.15) is 0 Å². The van der Waals surface area contributed by atoms with Crippen molar-refractivity contribution < 1.29 is 19.2 Å². The summed E-state index contributed by atoms with van der Waals surface area (Å²) < 4.78 is 10.5. The van der Waals surface area contributed by atoms with Gasteiger partial charge >= 0.3 is 5.97 Å². The Morgan fingerprint density at radius 1 is 1.17 bits per heavy atom. The van der Waals surface area contributed by atoms with Crippen LogP contribution in [0.25, 0.3) is 0 Å². The van der Waals surface area contributed by atoms with Crippen LogP contribution in [0.4, 0.5) is 5.69 Å². The van der Waals surface area contributed by atoms with Crippen molar-refractivity contribution in [1.29, 1.82) is 0 Å². The first-order valence-electron chi connectivity index (χ1n) is 7.20. The van der Waals surface area contributed by atoms with Gasteiger partial charge in [0.15, 0.2) is 0 Å². The predicted octanol–water partition coefficient (Wildman–Crippen LogP) is 3.58. The minimum atomic E-state index is -0.751. The van der Waals surface area contributed by atoms with Gasteiger partial charge < -0.3 is 9.47 Å². The van der Waals surface area contributed by atoms with Crippen LogP contribution in [0, 0.1) is 10.1 Å². The molecule has 0 heterocycles. The number of benzene rings is 2.